The van der Waals surface area contributed by atoms with Crippen molar-refractivity contribution in [3.63, 3.8) is 0 Å². The van der Waals surface area contributed by atoms with Crippen molar-refractivity contribution in [1.29, 1.82) is 0 Å². The van der Waals surface area contributed by atoms with E-state index in [4.69, 9.17) is 9.47 Å². The number of benzene rings is 1. The monoisotopic (exact) mass is 272 g/mol. The minimum Gasteiger partial charge on any atom is -0.467 e. The van der Waals surface area contributed by atoms with E-state index in [1.54, 1.807) is 0 Å². The summed E-state index contributed by atoms with van der Waals surface area (Å²) in [7, 11) is 1.39. The number of carbonyl (C=O) groups excluding carboxylic acids is 1. The molecule has 1 unspecified atom stereocenters. The number of pyridine rings is 1. The zero-order chi connectivity index (χ0) is 13.9. The van der Waals surface area contributed by atoms with E-state index < -0.39 is 6.04 Å². The van der Waals surface area contributed by atoms with Gasteiger partial charge in [0, 0.05) is 11.9 Å². The molecule has 1 aliphatic heterocycles. The largest absolute Gasteiger partial charge is 0.467 e. The maximum atomic E-state index is 11.8. The van der Waals surface area contributed by atoms with Crippen LogP contribution in [0.2, 0.25) is 0 Å². The van der Waals surface area contributed by atoms with Crippen molar-refractivity contribution < 1.29 is 14.3 Å². The summed E-state index contributed by atoms with van der Waals surface area (Å²) < 4.78 is 10.2. The fourth-order valence-corrected chi connectivity index (χ4v) is 2.42. The number of methoxy groups -OCH3 is 1. The van der Waals surface area contributed by atoms with Crippen LogP contribution in [0.25, 0.3) is 10.9 Å². The number of hydrogen-bond donors (Lipinski definition) is 0. The first-order valence-corrected chi connectivity index (χ1v) is 6.57. The second-order valence-electron chi connectivity index (χ2n) is 4.67. The number of anilines is 1. The Hall–Kier alpha value is -2.14. The third-order valence-electron chi connectivity index (χ3n) is 3.48. The summed E-state index contributed by atoms with van der Waals surface area (Å²) in [6.07, 6.45) is 0. The molecule has 0 radical (unpaired) electrons. The number of rotatable bonds is 2. The molecule has 1 aromatic carbocycles. The number of aromatic nitrogens is 1. The molecule has 1 aliphatic rings. The first-order valence-electron chi connectivity index (χ1n) is 6.57. The third-order valence-corrected chi connectivity index (χ3v) is 3.48. The van der Waals surface area contributed by atoms with Crippen LogP contribution in [-0.2, 0) is 14.3 Å². The van der Waals surface area contributed by atoms with Crippen molar-refractivity contribution in [2.24, 2.45) is 0 Å². The average Bonchev–Trinajstić information content (AvgIpc) is 2.53. The molecule has 0 N–H and O–H groups in total. The van der Waals surface area contributed by atoms with Gasteiger partial charge in [0.1, 0.15) is 5.82 Å². The van der Waals surface area contributed by atoms with Crippen LogP contribution in [0.4, 0.5) is 5.82 Å². The summed E-state index contributed by atoms with van der Waals surface area (Å²) in [6.45, 7) is 1.55. The van der Waals surface area contributed by atoms with Gasteiger partial charge in [0.05, 0.1) is 25.8 Å². The molecule has 5 heteroatoms. The molecular formula is C15H16N2O3. The minimum absolute atomic E-state index is 0.292. The Labute approximate surface area is 117 Å². The van der Waals surface area contributed by atoms with Crippen molar-refractivity contribution in [1.82, 2.24) is 4.98 Å². The van der Waals surface area contributed by atoms with E-state index in [0.29, 0.717) is 19.8 Å². The van der Waals surface area contributed by atoms with Crippen LogP contribution in [-0.4, -0.2) is 43.9 Å². The first-order chi connectivity index (χ1) is 9.79. The molecule has 5 nitrogen and oxygen atoms in total. The van der Waals surface area contributed by atoms with E-state index in [0.717, 1.165) is 16.7 Å². The van der Waals surface area contributed by atoms with Crippen LogP contribution in [0.5, 0.6) is 0 Å². The molecular weight excluding hydrogens is 256 g/mol. The highest BCUT2D eigenvalue weighted by molar-refractivity contribution is 5.83. The minimum atomic E-state index is -0.428. The Morgan fingerprint density at radius 2 is 2.20 bits per heavy atom. The van der Waals surface area contributed by atoms with E-state index in [9.17, 15) is 4.79 Å². The van der Waals surface area contributed by atoms with Gasteiger partial charge in [-0.05, 0) is 18.2 Å². The fraction of sp³-hybridized carbons (Fsp3) is 0.333. The molecule has 1 saturated heterocycles. The van der Waals surface area contributed by atoms with Crippen molar-refractivity contribution in [2.75, 3.05) is 31.8 Å². The van der Waals surface area contributed by atoms with Crippen LogP contribution < -0.4 is 4.90 Å². The number of fused-ring (bicyclic) bond motifs is 1. The van der Waals surface area contributed by atoms with E-state index in [2.05, 4.69) is 4.98 Å². The van der Waals surface area contributed by atoms with Crippen molar-refractivity contribution >= 4 is 22.7 Å². The Kier molecular flexibility index (Phi) is 3.52. The molecule has 0 amide bonds. The Balaban J connectivity index is 1.96. The fourth-order valence-electron chi connectivity index (χ4n) is 2.42. The van der Waals surface area contributed by atoms with E-state index in [1.165, 1.54) is 7.11 Å². The number of carbonyl (C=O) groups is 1. The Morgan fingerprint density at radius 3 is 3.05 bits per heavy atom. The smallest absolute Gasteiger partial charge is 0.330 e. The molecule has 1 atom stereocenters. The second-order valence-corrected chi connectivity index (χ2v) is 4.67. The van der Waals surface area contributed by atoms with Gasteiger partial charge < -0.3 is 14.4 Å². The predicted molar refractivity (Wildman–Crippen MR) is 75.7 cm³/mol. The van der Waals surface area contributed by atoms with Crippen molar-refractivity contribution in [3.8, 4) is 0 Å². The Morgan fingerprint density at radius 1 is 1.35 bits per heavy atom. The Bertz CT molecular complexity index is 629. The first kappa shape index (κ1) is 12.9. The number of hydrogen-bond acceptors (Lipinski definition) is 5. The van der Waals surface area contributed by atoms with Gasteiger partial charge in [-0.15, -0.1) is 0 Å². The second kappa shape index (κ2) is 5.46. The summed E-state index contributed by atoms with van der Waals surface area (Å²) in [6, 6.07) is 11.4. The molecule has 0 bridgehead atoms. The maximum absolute atomic E-state index is 11.8. The summed E-state index contributed by atoms with van der Waals surface area (Å²) in [5, 5.41) is 1.08. The summed E-state index contributed by atoms with van der Waals surface area (Å²) in [5.74, 6) is 0.488. The lowest BCUT2D eigenvalue weighted by molar-refractivity contribution is -0.144. The van der Waals surface area contributed by atoms with Crippen LogP contribution in [0.1, 0.15) is 0 Å². The van der Waals surface area contributed by atoms with E-state index in [-0.39, 0.29) is 5.97 Å². The maximum Gasteiger partial charge on any atom is 0.330 e. The van der Waals surface area contributed by atoms with Crippen molar-refractivity contribution in [2.45, 2.75) is 6.04 Å². The molecule has 0 spiro atoms. The predicted octanol–water partition coefficient (Wildman–Crippen LogP) is 1.61. The molecule has 20 heavy (non-hydrogen) atoms. The molecule has 1 aromatic heterocycles. The number of morpholine rings is 1. The van der Waals surface area contributed by atoms with Crippen LogP contribution in [0.15, 0.2) is 36.4 Å². The molecule has 0 aliphatic carbocycles. The highest BCUT2D eigenvalue weighted by atomic mass is 16.5. The van der Waals surface area contributed by atoms with E-state index in [1.807, 2.05) is 41.3 Å². The third kappa shape index (κ3) is 2.32. The zero-order valence-electron chi connectivity index (χ0n) is 11.3. The van der Waals surface area contributed by atoms with Gasteiger partial charge in [0.15, 0.2) is 6.04 Å². The molecule has 2 heterocycles. The van der Waals surface area contributed by atoms with Crippen LogP contribution >= 0.6 is 0 Å². The number of nitrogens with zero attached hydrogens (tertiary/aromatic N) is 2. The van der Waals surface area contributed by atoms with Gasteiger partial charge >= 0.3 is 5.97 Å². The molecule has 0 saturated carbocycles. The molecule has 2 aromatic rings. The van der Waals surface area contributed by atoms with Gasteiger partial charge in [0.25, 0.3) is 0 Å². The molecule has 104 valence electrons. The standard InChI is InChI=1S/C15H16N2O3/c1-19-15(18)13-10-20-9-8-17(13)14-7-6-11-4-2-3-5-12(11)16-14/h2-7,13H,8-10H2,1H3. The summed E-state index contributed by atoms with van der Waals surface area (Å²) in [5.41, 5.74) is 0.917. The highest BCUT2D eigenvalue weighted by Gasteiger charge is 2.31. The SMILES string of the molecule is COC(=O)C1COCCN1c1ccc2ccccc2n1. The lowest BCUT2D eigenvalue weighted by Gasteiger charge is -2.34. The van der Waals surface area contributed by atoms with Gasteiger partial charge in [-0.2, -0.15) is 0 Å². The quantitative estimate of drug-likeness (QED) is 0.777. The van der Waals surface area contributed by atoms with Gasteiger partial charge in [-0.1, -0.05) is 18.2 Å². The van der Waals surface area contributed by atoms with Crippen LogP contribution in [0.3, 0.4) is 0 Å². The molecule has 3 rings (SSSR count). The van der Waals surface area contributed by atoms with Gasteiger partial charge in [-0.3, -0.25) is 0 Å². The van der Waals surface area contributed by atoms with Gasteiger partial charge in [0.2, 0.25) is 0 Å². The van der Waals surface area contributed by atoms with Crippen molar-refractivity contribution in [3.05, 3.63) is 36.4 Å². The lowest BCUT2D eigenvalue weighted by atomic mass is 10.2. The van der Waals surface area contributed by atoms with E-state index >= 15 is 0 Å². The topological polar surface area (TPSA) is 51.7 Å². The normalized spacial score (nSPS) is 19.1. The average molecular weight is 272 g/mol. The summed E-state index contributed by atoms with van der Waals surface area (Å²) in [4.78, 5) is 18.4. The van der Waals surface area contributed by atoms with Gasteiger partial charge in [-0.25, -0.2) is 9.78 Å². The zero-order valence-corrected chi connectivity index (χ0v) is 11.3. The number of para-hydroxylation sites is 1. The molecule has 1 fully saturated rings. The lowest BCUT2D eigenvalue weighted by Crippen LogP contribution is -2.51. The highest BCUT2D eigenvalue weighted by Crippen LogP contribution is 2.21. The summed E-state index contributed by atoms with van der Waals surface area (Å²) >= 11 is 0. The van der Waals surface area contributed by atoms with Crippen LogP contribution in [0, 0.1) is 0 Å². The number of esters is 1. The number of ether oxygens (including phenoxy) is 2.